The van der Waals surface area contributed by atoms with Gasteiger partial charge in [-0.05, 0) is 48.5 Å². The van der Waals surface area contributed by atoms with Crippen LogP contribution < -0.4 is 11.1 Å². The van der Waals surface area contributed by atoms with E-state index in [0.29, 0.717) is 6.42 Å². The molecule has 5 nitrogen and oxygen atoms in total. The van der Waals surface area contributed by atoms with Gasteiger partial charge in [0.1, 0.15) is 0 Å². The van der Waals surface area contributed by atoms with Gasteiger partial charge in [0, 0.05) is 6.04 Å². The molecule has 1 heterocycles. The van der Waals surface area contributed by atoms with E-state index in [2.05, 4.69) is 5.32 Å². The number of benzene rings is 1. The van der Waals surface area contributed by atoms with Crippen molar-refractivity contribution in [2.75, 3.05) is 11.5 Å². The summed E-state index contributed by atoms with van der Waals surface area (Å²) in [6, 6.07) is 4.06. The van der Waals surface area contributed by atoms with Gasteiger partial charge < -0.3 is 21.3 Å². The topological polar surface area (TPSA) is 95.6 Å². The molecule has 110 valence electrons. The molecule has 1 amide bonds. The van der Waals surface area contributed by atoms with Crippen molar-refractivity contribution in [3.63, 3.8) is 0 Å². The maximum atomic E-state index is 12.0. The number of hydrogen-bond donors (Lipinski definition) is 4. The number of aromatic hydroxyl groups is 2. The second-order valence-corrected chi connectivity index (χ2v) is 6.25. The molecular formula is C14H20N2O3S. The van der Waals surface area contributed by atoms with Gasteiger partial charge in [0.25, 0.3) is 0 Å². The predicted octanol–water partition coefficient (Wildman–Crippen LogP) is 0.979. The molecule has 0 bridgehead atoms. The lowest BCUT2D eigenvalue weighted by atomic mass is 10.0. The predicted molar refractivity (Wildman–Crippen MR) is 79.9 cm³/mol. The average Bonchev–Trinajstić information content (AvgIpc) is 2.44. The summed E-state index contributed by atoms with van der Waals surface area (Å²) in [5.74, 6) is 1.62. The van der Waals surface area contributed by atoms with Crippen molar-refractivity contribution in [1.82, 2.24) is 5.32 Å². The highest BCUT2D eigenvalue weighted by atomic mass is 32.2. The average molecular weight is 296 g/mol. The van der Waals surface area contributed by atoms with E-state index < -0.39 is 6.04 Å². The minimum Gasteiger partial charge on any atom is -0.504 e. The summed E-state index contributed by atoms with van der Waals surface area (Å²) in [5.41, 5.74) is 6.62. The van der Waals surface area contributed by atoms with Gasteiger partial charge in [0.05, 0.1) is 6.04 Å². The van der Waals surface area contributed by atoms with Crippen molar-refractivity contribution < 1.29 is 15.0 Å². The molecule has 1 aromatic carbocycles. The Bertz CT molecular complexity index is 475. The molecule has 1 atom stereocenters. The Labute approximate surface area is 122 Å². The van der Waals surface area contributed by atoms with Crippen LogP contribution >= 0.6 is 11.8 Å². The van der Waals surface area contributed by atoms with Gasteiger partial charge in [-0.2, -0.15) is 11.8 Å². The van der Waals surface area contributed by atoms with Gasteiger partial charge in [-0.25, -0.2) is 0 Å². The largest absolute Gasteiger partial charge is 0.504 e. The van der Waals surface area contributed by atoms with E-state index >= 15 is 0 Å². The zero-order valence-corrected chi connectivity index (χ0v) is 12.0. The third-order valence-electron chi connectivity index (χ3n) is 3.40. The maximum absolute atomic E-state index is 12.0. The van der Waals surface area contributed by atoms with E-state index in [9.17, 15) is 15.0 Å². The molecule has 6 heteroatoms. The fourth-order valence-corrected chi connectivity index (χ4v) is 3.30. The molecule has 1 fully saturated rings. The van der Waals surface area contributed by atoms with Crippen molar-refractivity contribution in [2.45, 2.75) is 31.3 Å². The SMILES string of the molecule is N[C@@H](Cc1ccc(O)c(O)c1)C(=O)NC1CCSCC1. The first kappa shape index (κ1) is 15.0. The molecule has 0 saturated carbocycles. The summed E-state index contributed by atoms with van der Waals surface area (Å²) in [6.45, 7) is 0. The second-order valence-electron chi connectivity index (χ2n) is 5.03. The minimum atomic E-state index is -0.645. The number of phenols is 2. The Morgan fingerprint density at radius 1 is 1.35 bits per heavy atom. The Balaban J connectivity index is 1.88. The summed E-state index contributed by atoms with van der Waals surface area (Å²) in [7, 11) is 0. The molecule has 20 heavy (non-hydrogen) atoms. The number of phenolic OH excluding ortho intramolecular Hbond substituents is 2. The van der Waals surface area contributed by atoms with Gasteiger partial charge in [-0.1, -0.05) is 6.07 Å². The Hall–Kier alpha value is -1.40. The van der Waals surface area contributed by atoms with Crippen LogP contribution in [0.3, 0.4) is 0 Å². The number of carbonyl (C=O) groups excluding carboxylic acids is 1. The first-order valence-corrected chi connectivity index (χ1v) is 7.86. The Kier molecular flexibility index (Phi) is 5.14. The third-order valence-corrected chi connectivity index (χ3v) is 4.45. The highest BCUT2D eigenvalue weighted by molar-refractivity contribution is 7.99. The molecule has 1 aliphatic heterocycles. The third kappa shape index (κ3) is 4.05. The van der Waals surface area contributed by atoms with Crippen LogP contribution in [0.2, 0.25) is 0 Å². The maximum Gasteiger partial charge on any atom is 0.237 e. The van der Waals surface area contributed by atoms with Crippen LogP contribution in [0.1, 0.15) is 18.4 Å². The van der Waals surface area contributed by atoms with Gasteiger partial charge in [0.2, 0.25) is 5.91 Å². The summed E-state index contributed by atoms with van der Waals surface area (Å²) < 4.78 is 0. The van der Waals surface area contributed by atoms with Crippen molar-refractivity contribution in [1.29, 1.82) is 0 Å². The Morgan fingerprint density at radius 3 is 2.70 bits per heavy atom. The number of hydrogen-bond acceptors (Lipinski definition) is 5. The van der Waals surface area contributed by atoms with Crippen molar-refractivity contribution >= 4 is 17.7 Å². The second kappa shape index (κ2) is 6.85. The lowest BCUT2D eigenvalue weighted by Crippen LogP contribution is -2.47. The molecule has 1 aromatic rings. The van der Waals surface area contributed by atoms with E-state index in [1.807, 2.05) is 11.8 Å². The lowest BCUT2D eigenvalue weighted by molar-refractivity contribution is -0.123. The highest BCUT2D eigenvalue weighted by Gasteiger charge is 2.20. The molecule has 1 aliphatic rings. The van der Waals surface area contributed by atoms with E-state index in [4.69, 9.17) is 5.73 Å². The van der Waals surface area contributed by atoms with Gasteiger partial charge in [-0.15, -0.1) is 0 Å². The summed E-state index contributed by atoms with van der Waals surface area (Å²) >= 11 is 1.91. The standard InChI is InChI=1S/C14H20N2O3S/c15-11(7-9-1-2-12(17)13(18)8-9)14(19)16-10-3-5-20-6-4-10/h1-2,8,10-11,17-18H,3-7,15H2,(H,16,19)/t11-/m0/s1. The van der Waals surface area contributed by atoms with Crippen molar-refractivity contribution in [3.8, 4) is 11.5 Å². The van der Waals surface area contributed by atoms with Crippen LogP contribution in [-0.4, -0.2) is 39.7 Å². The minimum absolute atomic E-state index is 0.158. The number of carbonyl (C=O) groups is 1. The first-order chi connectivity index (χ1) is 9.56. The zero-order valence-electron chi connectivity index (χ0n) is 11.2. The highest BCUT2D eigenvalue weighted by Crippen LogP contribution is 2.25. The molecule has 2 rings (SSSR count). The van der Waals surface area contributed by atoms with Crippen molar-refractivity contribution in [3.05, 3.63) is 23.8 Å². The molecular weight excluding hydrogens is 276 g/mol. The smallest absolute Gasteiger partial charge is 0.237 e. The molecule has 5 N–H and O–H groups in total. The normalized spacial score (nSPS) is 17.6. The van der Waals surface area contributed by atoms with Gasteiger partial charge in [0.15, 0.2) is 11.5 Å². The number of rotatable bonds is 4. The van der Waals surface area contributed by atoms with Gasteiger partial charge in [-0.3, -0.25) is 4.79 Å². The fraction of sp³-hybridized carbons (Fsp3) is 0.500. The van der Waals surface area contributed by atoms with Crippen LogP contribution in [0.15, 0.2) is 18.2 Å². The monoisotopic (exact) mass is 296 g/mol. The summed E-state index contributed by atoms with van der Waals surface area (Å²) in [4.78, 5) is 12.0. The number of nitrogens with two attached hydrogens (primary N) is 1. The Morgan fingerprint density at radius 2 is 2.05 bits per heavy atom. The molecule has 0 unspecified atom stereocenters. The van der Waals surface area contributed by atoms with Crippen LogP contribution in [0.4, 0.5) is 0 Å². The number of nitrogens with one attached hydrogen (secondary N) is 1. The van der Waals surface area contributed by atoms with Crippen LogP contribution in [-0.2, 0) is 11.2 Å². The van der Waals surface area contributed by atoms with Crippen LogP contribution in [0.5, 0.6) is 11.5 Å². The molecule has 0 aromatic heterocycles. The molecule has 0 radical (unpaired) electrons. The van der Waals surface area contributed by atoms with Crippen molar-refractivity contribution in [2.24, 2.45) is 5.73 Å². The zero-order chi connectivity index (χ0) is 14.5. The first-order valence-electron chi connectivity index (χ1n) is 6.71. The van der Waals surface area contributed by atoms with E-state index in [1.165, 1.54) is 12.1 Å². The summed E-state index contributed by atoms with van der Waals surface area (Å²) in [6.07, 6.45) is 2.31. The van der Waals surface area contributed by atoms with Crippen LogP contribution in [0.25, 0.3) is 0 Å². The van der Waals surface area contributed by atoms with Crippen LogP contribution in [0, 0.1) is 0 Å². The number of amides is 1. The molecule has 0 aliphatic carbocycles. The van der Waals surface area contributed by atoms with E-state index in [-0.39, 0.29) is 23.4 Å². The summed E-state index contributed by atoms with van der Waals surface area (Å²) in [5, 5.41) is 21.6. The molecule has 1 saturated heterocycles. The van der Waals surface area contributed by atoms with Gasteiger partial charge >= 0.3 is 0 Å². The van der Waals surface area contributed by atoms with E-state index in [1.54, 1.807) is 6.07 Å². The quantitative estimate of drug-likeness (QED) is 0.621. The number of thioether (sulfide) groups is 1. The fourth-order valence-electron chi connectivity index (χ4n) is 2.19. The lowest BCUT2D eigenvalue weighted by Gasteiger charge is -2.24. The van der Waals surface area contributed by atoms with E-state index in [0.717, 1.165) is 29.9 Å². The molecule has 0 spiro atoms.